The van der Waals surface area contributed by atoms with E-state index in [1.165, 1.54) is 6.42 Å². The molecule has 0 bridgehead atoms. The summed E-state index contributed by atoms with van der Waals surface area (Å²) in [6, 6.07) is 0. The molecule has 0 aliphatic heterocycles. The molecule has 2 nitrogen and oxygen atoms in total. The van der Waals surface area contributed by atoms with Crippen LogP contribution in [0.1, 0.15) is 39.5 Å². The topological polar surface area (TPSA) is 21.3 Å². The zero-order chi connectivity index (χ0) is 9.23. The second kappa shape index (κ2) is 12.2. The molecule has 0 saturated carbocycles. The number of rotatable bonds is 6. The van der Waals surface area contributed by atoms with Crippen molar-refractivity contribution in [1.82, 2.24) is 5.32 Å². The molecule has 0 rings (SSSR count). The minimum absolute atomic E-state index is 0. The number of hydrogen-bond acceptors (Lipinski definition) is 2. The summed E-state index contributed by atoms with van der Waals surface area (Å²) >= 11 is 4.95. The van der Waals surface area contributed by atoms with Crippen molar-refractivity contribution in [3.05, 3.63) is 0 Å². The van der Waals surface area contributed by atoms with Crippen LogP contribution in [0.25, 0.3) is 0 Å². The van der Waals surface area contributed by atoms with E-state index in [9.17, 15) is 0 Å². The Bertz CT molecular complexity index is 110. The van der Waals surface area contributed by atoms with Crippen LogP contribution in [0.4, 0.5) is 0 Å². The molecule has 0 spiro atoms. The van der Waals surface area contributed by atoms with Gasteiger partial charge in [0.05, 0.1) is 6.61 Å². The quantitative estimate of drug-likeness (QED) is 0.446. The van der Waals surface area contributed by atoms with E-state index in [0.29, 0.717) is 5.17 Å². The molecule has 83 valence electrons. The van der Waals surface area contributed by atoms with E-state index in [4.69, 9.17) is 17.0 Å². The minimum Gasteiger partial charge on any atom is -0.471 e. The first kappa shape index (κ1) is 15.7. The monoisotopic (exact) mass is 252 g/mol. The van der Waals surface area contributed by atoms with E-state index >= 15 is 0 Å². The Kier molecular flexibility index (Phi) is 14.7. The molecule has 0 saturated heterocycles. The van der Waals surface area contributed by atoms with Crippen molar-refractivity contribution in [2.45, 2.75) is 39.5 Å². The van der Waals surface area contributed by atoms with Crippen molar-refractivity contribution in [2.24, 2.45) is 0 Å². The summed E-state index contributed by atoms with van der Waals surface area (Å²) in [7, 11) is 0. The molecular weight excluding hydrogens is 234 g/mol. The first-order valence-corrected chi connectivity index (χ1v) is 5.12. The number of hydrogen-bond donors (Lipinski definition) is 1. The third kappa shape index (κ3) is 12.2. The summed E-state index contributed by atoms with van der Waals surface area (Å²) in [5, 5.41) is 3.60. The zero-order valence-electron chi connectivity index (χ0n) is 8.36. The maximum Gasteiger partial charge on any atom is 0.256 e. The standard InChI is InChI=1S/C9H19NOS.Cu/c1-3-5-7-10-9(12)11-8-6-4-2;/h3-8H2,1-2H3,(H,10,12);. The van der Waals surface area contributed by atoms with Crippen molar-refractivity contribution in [1.29, 1.82) is 0 Å². The van der Waals surface area contributed by atoms with Gasteiger partial charge in [-0.1, -0.05) is 26.7 Å². The summed E-state index contributed by atoms with van der Waals surface area (Å²) < 4.78 is 5.25. The van der Waals surface area contributed by atoms with Gasteiger partial charge in [-0.15, -0.1) is 0 Å². The predicted octanol–water partition coefficient (Wildman–Crippen LogP) is 2.48. The van der Waals surface area contributed by atoms with Crippen molar-refractivity contribution in [3.63, 3.8) is 0 Å². The summed E-state index contributed by atoms with van der Waals surface area (Å²) in [6.07, 6.45) is 4.56. The van der Waals surface area contributed by atoms with Crippen LogP contribution in [-0.2, 0) is 21.8 Å². The molecule has 0 amide bonds. The Balaban J connectivity index is 0. The Morgan fingerprint density at radius 2 is 1.85 bits per heavy atom. The molecule has 13 heavy (non-hydrogen) atoms. The van der Waals surface area contributed by atoms with Crippen LogP contribution < -0.4 is 5.32 Å². The maximum absolute atomic E-state index is 5.25. The normalized spacial score (nSPS) is 8.77. The molecule has 1 radical (unpaired) electrons. The molecule has 4 heteroatoms. The van der Waals surface area contributed by atoms with Crippen LogP contribution in [0.15, 0.2) is 0 Å². The predicted molar refractivity (Wildman–Crippen MR) is 56.4 cm³/mol. The van der Waals surface area contributed by atoms with Crippen LogP contribution >= 0.6 is 12.2 Å². The van der Waals surface area contributed by atoms with Gasteiger partial charge in [0, 0.05) is 23.6 Å². The van der Waals surface area contributed by atoms with Gasteiger partial charge in [-0.2, -0.15) is 0 Å². The molecule has 0 aromatic rings. The van der Waals surface area contributed by atoms with Gasteiger partial charge in [0.15, 0.2) is 0 Å². The van der Waals surface area contributed by atoms with Gasteiger partial charge >= 0.3 is 0 Å². The molecule has 0 aromatic carbocycles. The van der Waals surface area contributed by atoms with Gasteiger partial charge < -0.3 is 10.1 Å². The molecule has 0 fully saturated rings. The number of nitrogens with one attached hydrogen (secondary N) is 1. The van der Waals surface area contributed by atoms with Crippen molar-refractivity contribution in [2.75, 3.05) is 13.2 Å². The Hall–Kier alpha value is 0.209. The molecule has 0 aliphatic rings. The Morgan fingerprint density at radius 3 is 2.38 bits per heavy atom. The van der Waals surface area contributed by atoms with Crippen molar-refractivity contribution >= 4 is 17.4 Å². The van der Waals surface area contributed by atoms with E-state index < -0.39 is 0 Å². The zero-order valence-corrected chi connectivity index (χ0v) is 10.1. The van der Waals surface area contributed by atoms with Gasteiger partial charge in [-0.05, 0) is 25.1 Å². The molecule has 1 N–H and O–H groups in total. The average molecular weight is 253 g/mol. The summed E-state index contributed by atoms with van der Waals surface area (Å²) in [5.41, 5.74) is 0. The van der Waals surface area contributed by atoms with Crippen LogP contribution in [0, 0.1) is 0 Å². The molecular formula is C9H19CuNOS. The van der Waals surface area contributed by atoms with Crippen LogP contribution in [-0.4, -0.2) is 18.3 Å². The second-order valence-corrected chi connectivity index (χ2v) is 3.14. The fraction of sp³-hybridized carbons (Fsp3) is 0.889. The second-order valence-electron chi connectivity index (χ2n) is 2.77. The Morgan fingerprint density at radius 1 is 1.23 bits per heavy atom. The SMILES string of the molecule is CCCCNC(=S)OCCCC.[Cu]. The van der Waals surface area contributed by atoms with Crippen LogP contribution in [0.2, 0.25) is 0 Å². The van der Waals surface area contributed by atoms with E-state index in [0.717, 1.165) is 32.4 Å². The third-order valence-corrected chi connectivity index (χ3v) is 1.79. The Labute approximate surface area is 97.3 Å². The van der Waals surface area contributed by atoms with E-state index in [1.54, 1.807) is 0 Å². The smallest absolute Gasteiger partial charge is 0.256 e. The molecule has 0 aliphatic carbocycles. The number of ether oxygens (including phenoxy) is 1. The van der Waals surface area contributed by atoms with Gasteiger partial charge in [0.1, 0.15) is 0 Å². The van der Waals surface area contributed by atoms with Crippen molar-refractivity contribution in [3.8, 4) is 0 Å². The van der Waals surface area contributed by atoms with Gasteiger partial charge in [-0.25, -0.2) is 0 Å². The van der Waals surface area contributed by atoms with Crippen molar-refractivity contribution < 1.29 is 21.8 Å². The van der Waals surface area contributed by atoms with Gasteiger partial charge in [0.2, 0.25) is 0 Å². The molecule has 0 unspecified atom stereocenters. The molecule has 0 heterocycles. The van der Waals surface area contributed by atoms with Gasteiger partial charge in [0.25, 0.3) is 5.17 Å². The minimum atomic E-state index is 0. The molecule has 0 aromatic heterocycles. The summed E-state index contributed by atoms with van der Waals surface area (Å²) in [4.78, 5) is 0. The number of unbranched alkanes of at least 4 members (excludes halogenated alkanes) is 2. The van der Waals surface area contributed by atoms with Crippen LogP contribution in [0.3, 0.4) is 0 Å². The molecule has 0 atom stereocenters. The summed E-state index contributed by atoms with van der Waals surface area (Å²) in [5.74, 6) is 0. The van der Waals surface area contributed by atoms with Gasteiger partial charge in [-0.3, -0.25) is 0 Å². The third-order valence-electron chi connectivity index (χ3n) is 1.53. The fourth-order valence-electron chi connectivity index (χ4n) is 0.727. The van der Waals surface area contributed by atoms with Crippen LogP contribution in [0.5, 0.6) is 0 Å². The van der Waals surface area contributed by atoms with E-state index in [2.05, 4.69) is 19.2 Å². The fourth-order valence-corrected chi connectivity index (χ4v) is 0.913. The number of thiocarbonyl (C=S) groups is 1. The average Bonchev–Trinajstić information content (AvgIpc) is 2.06. The van der Waals surface area contributed by atoms with E-state index in [-0.39, 0.29) is 17.1 Å². The first-order valence-electron chi connectivity index (χ1n) is 4.71. The first-order chi connectivity index (χ1) is 5.81. The largest absolute Gasteiger partial charge is 0.471 e. The summed E-state index contributed by atoms with van der Waals surface area (Å²) in [6.45, 7) is 5.97. The van der Waals surface area contributed by atoms with E-state index in [1.807, 2.05) is 0 Å². The maximum atomic E-state index is 5.25.